The van der Waals surface area contributed by atoms with Gasteiger partial charge in [0.25, 0.3) is 0 Å². The zero-order chi connectivity index (χ0) is 10.6. The van der Waals surface area contributed by atoms with Crippen molar-refractivity contribution in [2.45, 2.75) is 0 Å². The van der Waals surface area contributed by atoms with E-state index in [1.54, 1.807) is 6.07 Å². The Bertz CT molecular complexity index is 360. The van der Waals surface area contributed by atoms with Crippen molar-refractivity contribution >= 4 is 11.6 Å². The van der Waals surface area contributed by atoms with Crippen molar-refractivity contribution in [3.05, 3.63) is 30.9 Å². The van der Waals surface area contributed by atoms with E-state index in [1.165, 1.54) is 25.3 Å². The minimum absolute atomic E-state index is 0.0316. The fraction of sp³-hybridized carbons (Fsp3) is 0.100. The third kappa shape index (κ3) is 2.26. The molecule has 0 heterocycles. The van der Waals surface area contributed by atoms with Gasteiger partial charge in [-0.1, -0.05) is 6.58 Å². The SMILES string of the molecule is C=CC(=O)Nc1ccc(O)c(OC)c1. The molecule has 1 aromatic rings. The maximum absolute atomic E-state index is 10.9. The molecule has 0 saturated heterocycles. The van der Waals surface area contributed by atoms with Crippen LogP contribution in [-0.2, 0) is 4.79 Å². The molecular formula is C10H11NO3. The number of carbonyl (C=O) groups excluding carboxylic acids is 1. The predicted molar refractivity (Wildman–Crippen MR) is 53.5 cm³/mol. The second-order valence-corrected chi connectivity index (χ2v) is 2.58. The zero-order valence-electron chi connectivity index (χ0n) is 7.78. The average molecular weight is 193 g/mol. The monoisotopic (exact) mass is 193 g/mol. The number of anilines is 1. The van der Waals surface area contributed by atoms with Gasteiger partial charge in [-0.15, -0.1) is 0 Å². The average Bonchev–Trinajstić information content (AvgIpc) is 2.20. The maximum atomic E-state index is 10.9. The minimum atomic E-state index is -0.308. The summed E-state index contributed by atoms with van der Waals surface area (Å²) in [6, 6.07) is 4.54. The molecule has 0 fully saturated rings. The molecule has 0 unspecified atom stereocenters. The van der Waals surface area contributed by atoms with E-state index in [-0.39, 0.29) is 11.7 Å². The Kier molecular flexibility index (Phi) is 3.12. The lowest BCUT2D eigenvalue weighted by atomic mass is 10.2. The molecule has 0 aromatic heterocycles. The van der Waals surface area contributed by atoms with Gasteiger partial charge in [-0.25, -0.2) is 0 Å². The van der Waals surface area contributed by atoms with E-state index < -0.39 is 0 Å². The maximum Gasteiger partial charge on any atom is 0.247 e. The number of rotatable bonds is 3. The van der Waals surface area contributed by atoms with Crippen LogP contribution in [0.2, 0.25) is 0 Å². The largest absolute Gasteiger partial charge is 0.504 e. The standard InChI is InChI=1S/C10H11NO3/c1-3-10(13)11-7-4-5-8(12)9(6-7)14-2/h3-6,12H,1H2,2H3,(H,11,13). The molecule has 74 valence electrons. The molecule has 1 amide bonds. The number of phenolic OH excluding ortho intramolecular Hbond substituents is 1. The van der Waals surface area contributed by atoms with Crippen molar-refractivity contribution in [2.24, 2.45) is 0 Å². The van der Waals surface area contributed by atoms with Crippen molar-refractivity contribution in [1.82, 2.24) is 0 Å². The number of hydrogen-bond acceptors (Lipinski definition) is 3. The minimum Gasteiger partial charge on any atom is -0.504 e. The number of carbonyl (C=O) groups is 1. The van der Waals surface area contributed by atoms with Gasteiger partial charge >= 0.3 is 0 Å². The van der Waals surface area contributed by atoms with Crippen molar-refractivity contribution in [3.8, 4) is 11.5 Å². The molecule has 14 heavy (non-hydrogen) atoms. The zero-order valence-corrected chi connectivity index (χ0v) is 7.78. The smallest absolute Gasteiger partial charge is 0.247 e. The van der Waals surface area contributed by atoms with Crippen LogP contribution in [0.15, 0.2) is 30.9 Å². The molecule has 4 heteroatoms. The first-order valence-corrected chi connectivity index (χ1v) is 3.98. The lowest BCUT2D eigenvalue weighted by Crippen LogP contribution is -2.07. The van der Waals surface area contributed by atoms with E-state index >= 15 is 0 Å². The van der Waals surface area contributed by atoms with Crippen LogP contribution < -0.4 is 10.1 Å². The van der Waals surface area contributed by atoms with Gasteiger partial charge in [0.05, 0.1) is 7.11 Å². The van der Waals surface area contributed by atoms with Gasteiger partial charge in [0.15, 0.2) is 11.5 Å². The van der Waals surface area contributed by atoms with E-state index in [9.17, 15) is 9.90 Å². The third-order valence-electron chi connectivity index (χ3n) is 1.63. The molecule has 0 aliphatic rings. The normalized spacial score (nSPS) is 9.21. The molecule has 1 aromatic carbocycles. The summed E-state index contributed by atoms with van der Waals surface area (Å²) in [5.41, 5.74) is 0.546. The van der Waals surface area contributed by atoms with Crippen LogP contribution in [0.1, 0.15) is 0 Å². The van der Waals surface area contributed by atoms with Crippen LogP contribution in [0.25, 0.3) is 0 Å². The van der Waals surface area contributed by atoms with Gasteiger partial charge in [-0.05, 0) is 18.2 Å². The Hall–Kier alpha value is -1.97. The van der Waals surface area contributed by atoms with Crippen LogP contribution >= 0.6 is 0 Å². The Morgan fingerprint density at radius 1 is 1.64 bits per heavy atom. The van der Waals surface area contributed by atoms with Gasteiger partial charge < -0.3 is 15.2 Å². The van der Waals surface area contributed by atoms with Crippen LogP contribution in [0.3, 0.4) is 0 Å². The van der Waals surface area contributed by atoms with E-state index in [1.807, 2.05) is 0 Å². The third-order valence-corrected chi connectivity index (χ3v) is 1.63. The van der Waals surface area contributed by atoms with Gasteiger partial charge in [-0.3, -0.25) is 4.79 Å². The molecule has 0 atom stereocenters. The second kappa shape index (κ2) is 4.32. The van der Waals surface area contributed by atoms with E-state index in [2.05, 4.69) is 11.9 Å². The van der Waals surface area contributed by atoms with E-state index in [0.717, 1.165) is 0 Å². The predicted octanol–water partition coefficient (Wildman–Crippen LogP) is 1.53. The first-order chi connectivity index (χ1) is 6.67. The summed E-state index contributed by atoms with van der Waals surface area (Å²) in [5.74, 6) is 0.0358. The fourth-order valence-electron chi connectivity index (χ4n) is 0.949. The number of phenols is 1. The molecule has 0 saturated carbocycles. The molecule has 1 rings (SSSR count). The summed E-state index contributed by atoms with van der Waals surface area (Å²) in [7, 11) is 1.44. The van der Waals surface area contributed by atoms with Gasteiger partial charge in [0.1, 0.15) is 0 Å². The second-order valence-electron chi connectivity index (χ2n) is 2.58. The van der Waals surface area contributed by atoms with Crippen molar-refractivity contribution < 1.29 is 14.6 Å². The van der Waals surface area contributed by atoms with Crippen LogP contribution in [0.4, 0.5) is 5.69 Å². The summed E-state index contributed by atoms with van der Waals surface area (Å²) in [6.45, 7) is 3.32. The molecule has 0 bridgehead atoms. The number of amides is 1. The summed E-state index contributed by atoms with van der Waals surface area (Å²) < 4.78 is 4.87. The highest BCUT2D eigenvalue weighted by molar-refractivity contribution is 5.99. The Labute approximate surface area is 81.8 Å². The van der Waals surface area contributed by atoms with Crippen LogP contribution in [0.5, 0.6) is 11.5 Å². The van der Waals surface area contributed by atoms with Gasteiger partial charge in [-0.2, -0.15) is 0 Å². The van der Waals surface area contributed by atoms with Gasteiger partial charge in [0.2, 0.25) is 5.91 Å². The summed E-state index contributed by atoms with van der Waals surface area (Å²) in [5, 5.41) is 11.8. The highest BCUT2D eigenvalue weighted by Crippen LogP contribution is 2.28. The molecule has 0 spiro atoms. The number of hydrogen-bond donors (Lipinski definition) is 2. The lowest BCUT2D eigenvalue weighted by Gasteiger charge is -2.06. The number of benzene rings is 1. The topological polar surface area (TPSA) is 58.6 Å². The molecule has 4 nitrogen and oxygen atoms in total. The Morgan fingerprint density at radius 2 is 2.36 bits per heavy atom. The molecular weight excluding hydrogens is 182 g/mol. The summed E-state index contributed by atoms with van der Waals surface area (Å²) >= 11 is 0. The van der Waals surface area contributed by atoms with Crippen LogP contribution in [0, 0.1) is 0 Å². The summed E-state index contributed by atoms with van der Waals surface area (Å²) in [6.07, 6.45) is 1.17. The Morgan fingerprint density at radius 3 is 2.93 bits per heavy atom. The highest BCUT2D eigenvalue weighted by atomic mass is 16.5. The molecule has 0 radical (unpaired) electrons. The first kappa shape index (κ1) is 10.1. The first-order valence-electron chi connectivity index (χ1n) is 3.98. The van der Waals surface area contributed by atoms with Crippen molar-refractivity contribution in [1.29, 1.82) is 0 Å². The van der Waals surface area contributed by atoms with Crippen molar-refractivity contribution in [2.75, 3.05) is 12.4 Å². The van der Waals surface area contributed by atoms with E-state index in [4.69, 9.17) is 4.74 Å². The molecule has 0 aliphatic heterocycles. The number of nitrogens with one attached hydrogen (secondary N) is 1. The van der Waals surface area contributed by atoms with Crippen molar-refractivity contribution in [3.63, 3.8) is 0 Å². The van der Waals surface area contributed by atoms with Crippen LogP contribution in [-0.4, -0.2) is 18.1 Å². The van der Waals surface area contributed by atoms with E-state index in [0.29, 0.717) is 11.4 Å². The molecule has 2 N–H and O–H groups in total. The number of ether oxygens (including phenoxy) is 1. The Balaban J connectivity index is 2.89. The highest BCUT2D eigenvalue weighted by Gasteiger charge is 2.03. The number of aromatic hydroxyl groups is 1. The molecule has 0 aliphatic carbocycles. The number of methoxy groups -OCH3 is 1. The lowest BCUT2D eigenvalue weighted by molar-refractivity contribution is -0.111. The fourth-order valence-corrected chi connectivity index (χ4v) is 0.949. The van der Waals surface area contributed by atoms with Gasteiger partial charge in [0, 0.05) is 11.8 Å². The quantitative estimate of drug-likeness (QED) is 0.565. The summed E-state index contributed by atoms with van der Waals surface area (Å²) in [4.78, 5) is 10.9.